The van der Waals surface area contributed by atoms with E-state index >= 15 is 0 Å². The summed E-state index contributed by atoms with van der Waals surface area (Å²) in [5.41, 5.74) is 0.927. The van der Waals surface area contributed by atoms with E-state index in [0.717, 1.165) is 0 Å². The minimum Gasteiger partial charge on any atom is -0.539 e. The molecule has 1 heterocycles. The highest BCUT2D eigenvalue weighted by atomic mass is 16.6. The van der Waals surface area contributed by atoms with Crippen molar-refractivity contribution in [1.82, 2.24) is 5.27 Å². The summed E-state index contributed by atoms with van der Waals surface area (Å²) in [6.45, 7) is 0. The van der Waals surface area contributed by atoms with Gasteiger partial charge in [-0.25, -0.2) is 4.79 Å². The zero-order valence-electron chi connectivity index (χ0n) is 8.41. The van der Waals surface area contributed by atoms with Gasteiger partial charge in [0.25, 0.3) is 0 Å². The molecule has 0 atom stereocenters. The average Bonchev–Trinajstić information content (AvgIpc) is 2.75. The Hall–Kier alpha value is -2.37. The summed E-state index contributed by atoms with van der Waals surface area (Å²) in [6, 6.07) is 6.50. The van der Waals surface area contributed by atoms with Crippen molar-refractivity contribution in [2.45, 2.75) is 0 Å². The van der Waals surface area contributed by atoms with Crippen LogP contribution in [0.5, 0.6) is 5.95 Å². The number of carbonyl (C=O) groups is 1. The van der Waals surface area contributed by atoms with Gasteiger partial charge in [-0.3, -0.25) is 0 Å². The molecule has 6 nitrogen and oxygen atoms in total. The molecule has 82 valence electrons. The predicted octanol–water partition coefficient (Wildman–Crippen LogP) is -0.189. The van der Waals surface area contributed by atoms with E-state index in [4.69, 9.17) is 0 Å². The Labute approximate surface area is 90.7 Å². The van der Waals surface area contributed by atoms with Gasteiger partial charge in [-0.15, -0.1) is 0 Å². The molecule has 1 aromatic heterocycles. The molecule has 6 heteroatoms. The van der Waals surface area contributed by atoms with Crippen molar-refractivity contribution in [3.63, 3.8) is 0 Å². The molecule has 16 heavy (non-hydrogen) atoms. The highest BCUT2D eigenvalue weighted by Crippen LogP contribution is 2.07. The number of hydrogen-bond donors (Lipinski definition) is 0. The van der Waals surface area contributed by atoms with Gasteiger partial charge in [0.05, 0.1) is 17.9 Å². The Morgan fingerprint density at radius 2 is 2.38 bits per heavy atom. The lowest BCUT2D eigenvalue weighted by Crippen LogP contribution is -2.31. The SMILES string of the molecule is COC(=O)c1cccc(-[n+]2cc([O-])on2)c1. The number of hydrogen-bond acceptors (Lipinski definition) is 5. The molecule has 0 aliphatic rings. The molecule has 0 N–H and O–H groups in total. The van der Waals surface area contributed by atoms with Crippen LogP contribution in [0, 0.1) is 0 Å². The Kier molecular flexibility index (Phi) is 2.55. The number of methoxy groups -OCH3 is 1. The van der Waals surface area contributed by atoms with Gasteiger partial charge in [-0.05, 0) is 10.7 Å². The lowest BCUT2D eigenvalue weighted by molar-refractivity contribution is -0.670. The maximum Gasteiger partial charge on any atom is 0.338 e. The van der Waals surface area contributed by atoms with E-state index in [1.165, 1.54) is 18.0 Å². The fraction of sp³-hybridized carbons (Fsp3) is 0.100. The standard InChI is InChI=1S/C10H8N2O4/c1-15-10(14)7-3-2-4-8(5-7)12-6-9(13)16-11-12/h2-6H,1H3. The van der Waals surface area contributed by atoms with Crippen molar-refractivity contribution >= 4 is 5.97 Å². The highest BCUT2D eigenvalue weighted by Gasteiger charge is 2.13. The van der Waals surface area contributed by atoms with E-state index in [1.54, 1.807) is 24.3 Å². The largest absolute Gasteiger partial charge is 0.539 e. The summed E-state index contributed by atoms with van der Waals surface area (Å²) >= 11 is 0. The van der Waals surface area contributed by atoms with Gasteiger partial charge in [-0.1, -0.05) is 6.07 Å². The van der Waals surface area contributed by atoms with E-state index in [1.807, 2.05) is 0 Å². The maximum atomic E-state index is 11.3. The van der Waals surface area contributed by atoms with E-state index < -0.39 is 11.9 Å². The van der Waals surface area contributed by atoms with Crippen molar-refractivity contribution in [2.75, 3.05) is 7.11 Å². The van der Waals surface area contributed by atoms with Crippen molar-refractivity contribution in [1.29, 1.82) is 0 Å². The lowest BCUT2D eigenvalue weighted by Gasteiger charge is -1.97. The fourth-order valence-corrected chi connectivity index (χ4v) is 1.25. The molecule has 2 aromatic rings. The zero-order chi connectivity index (χ0) is 11.5. The molecule has 0 aliphatic carbocycles. The second kappa shape index (κ2) is 4.01. The Bertz CT molecular complexity index is 521. The Morgan fingerprint density at radius 1 is 1.56 bits per heavy atom. The van der Waals surface area contributed by atoms with Crippen LogP contribution in [0.2, 0.25) is 0 Å². The number of carbonyl (C=O) groups excluding carboxylic acids is 1. The third-order valence-corrected chi connectivity index (χ3v) is 1.98. The van der Waals surface area contributed by atoms with Crippen LogP contribution in [0.4, 0.5) is 0 Å². The van der Waals surface area contributed by atoms with Crippen LogP contribution >= 0.6 is 0 Å². The first kappa shape index (κ1) is 10.2. The summed E-state index contributed by atoms with van der Waals surface area (Å²) in [6.07, 6.45) is 1.18. The Morgan fingerprint density at radius 3 is 3.00 bits per heavy atom. The van der Waals surface area contributed by atoms with Crippen LogP contribution in [0.15, 0.2) is 35.0 Å². The summed E-state index contributed by atoms with van der Waals surface area (Å²) in [4.78, 5) is 11.3. The van der Waals surface area contributed by atoms with Gasteiger partial charge < -0.3 is 14.4 Å². The van der Waals surface area contributed by atoms with Gasteiger partial charge in [-0.2, -0.15) is 0 Å². The number of esters is 1. The van der Waals surface area contributed by atoms with E-state index in [0.29, 0.717) is 11.3 Å². The van der Waals surface area contributed by atoms with E-state index in [2.05, 4.69) is 14.5 Å². The molecule has 0 radical (unpaired) electrons. The average molecular weight is 220 g/mol. The van der Waals surface area contributed by atoms with Gasteiger partial charge in [0.2, 0.25) is 11.9 Å². The van der Waals surface area contributed by atoms with Crippen LogP contribution < -0.4 is 9.79 Å². The first-order valence-electron chi connectivity index (χ1n) is 4.45. The van der Waals surface area contributed by atoms with Crippen molar-refractivity contribution in [3.8, 4) is 11.6 Å². The molecule has 0 amide bonds. The van der Waals surface area contributed by atoms with Gasteiger partial charge in [0.15, 0.2) is 0 Å². The molecule has 0 unspecified atom stereocenters. The first-order valence-corrected chi connectivity index (χ1v) is 4.45. The lowest BCUT2D eigenvalue weighted by atomic mass is 10.2. The number of benzene rings is 1. The molecule has 0 saturated carbocycles. The summed E-state index contributed by atoms with van der Waals surface area (Å²) in [7, 11) is 1.30. The third kappa shape index (κ3) is 1.85. The quantitative estimate of drug-likeness (QED) is 0.517. The monoisotopic (exact) mass is 220 g/mol. The minimum atomic E-state index is -0.552. The second-order valence-electron chi connectivity index (χ2n) is 3.01. The van der Waals surface area contributed by atoms with Crippen LogP contribution in [-0.4, -0.2) is 18.4 Å². The zero-order valence-corrected chi connectivity index (χ0v) is 8.41. The fourth-order valence-electron chi connectivity index (χ4n) is 1.25. The molecule has 0 saturated heterocycles. The van der Waals surface area contributed by atoms with E-state index in [-0.39, 0.29) is 0 Å². The van der Waals surface area contributed by atoms with Crippen molar-refractivity contribution in [3.05, 3.63) is 36.0 Å². The molecule has 0 bridgehead atoms. The first-order chi connectivity index (χ1) is 7.70. The molecule has 1 aromatic carbocycles. The molecule has 0 spiro atoms. The van der Waals surface area contributed by atoms with Gasteiger partial charge in [0.1, 0.15) is 5.95 Å². The maximum absolute atomic E-state index is 11.3. The van der Waals surface area contributed by atoms with Crippen molar-refractivity contribution in [2.24, 2.45) is 0 Å². The van der Waals surface area contributed by atoms with Crippen LogP contribution in [-0.2, 0) is 4.74 Å². The van der Waals surface area contributed by atoms with Crippen LogP contribution in [0.25, 0.3) is 5.69 Å². The smallest absolute Gasteiger partial charge is 0.338 e. The molecular weight excluding hydrogens is 212 g/mol. The number of nitrogens with zero attached hydrogens (tertiary/aromatic N) is 2. The summed E-state index contributed by atoms with van der Waals surface area (Å²) < 4.78 is 10.2. The van der Waals surface area contributed by atoms with Crippen molar-refractivity contribution < 1.29 is 23.8 Å². The van der Waals surface area contributed by atoms with E-state index in [9.17, 15) is 9.90 Å². The predicted molar refractivity (Wildman–Crippen MR) is 48.8 cm³/mol. The summed E-state index contributed by atoms with van der Waals surface area (Å²) in [5, 5.41) is 14.3. The summed E-state index contributed by atoms with van der Waals surface area (Å²) in [5.74, 6) is -1.00. The number of aromatic nitrogens is 2. The minimum absolute atomic E-state index is 0.378. The second-order valence-corrected chi connectivity index (χ2v) is 3.01. The molecule has 0 aliphatic heterocycles. The third-order valence-electron chi connectivity index (χ3n) is 1.98. The number of ether oxygens (including phenoxy) is 1. The van der Waals surface area contributed by atoms with Crippen LogP contribution in [0.3, 0.4) is 0 Å². The normalized spacial score (nSPS) is 10.1. The molecular formula is C10H8N2O4. The number of rotatable bonds is 2. The van der Waals surface area contributed by atoms with Gasteiger partial charge >= 0.3 is 5.97 Å². The topological polar surface area (TPSA) is 79.3 Å². The molecule has 0 fully saturated rings. The van der Waals surface area contributed by atoms with Crippen LogP contribution in [0.1, 0.15) is 10.4 Å². The molecule has 2 rings (SSSR count). The highest BCUT2D eigenvalue weighted by molar-refractivity contribution is 5.89. The Balaban J connectivity index is 2.39. The van der Waals surface area contributed by atoms with Gasteiger partial charge in [0, 0.05) is 12.1 Å².